The van der Waals surface area contributed by atoms with Crippen LogP contribution in [0.1, 0.15) is 23.2 Å². The van der Waals surface area contributed by atoms with E-state index in [1.165, 1.54) is 0 Å². The van der Waals surface area contributed by atoms with E-state index >= 15 is 0 Å². The highest BCUT2D eigenvalue weighted by molar-refractivity contribution is 6.04. The summed E-state index contributed by atoms with van der Waals surface area (Å²) in [5, 5.41) is 4.37. The van der Waals surface area contributed by atoms with Crippen molar-refractivity contribution in [2.45, 2.75) is 18.4 Å². The van der Waals surface area contributed by atoms with Crippen LogP contribution < -0.4 is 4.90 Å². The maximum Gasteiger partial charge on any atom is 0.261 e. The number of aromatic nitrogens is 1. The van der Waals surface area contributed by atoms with Gasteiger partial charge < -0.3 is 24.0 Å². The molecule has 0 atom stereocenters. The molecular weight excluding hydrogens is 406 g/mol. The molecule has 172 valence electrons. The van der Waals surface area contributed by atoms with Gasteiger partial charge in [-0.2, -0.15) is 0 Å². The fourth-order valence-electron chi connectivity index (χ4n) is 5.34. The number of ether oxygens (including phenoxy) is 1. The van der Waals surface area contributed by atoms with E-state index in [2.05, 4.69) is 34.0 Å². The lowest BCUT2D eigenvalue weighted by molar-refractivity contribution is -0.0157. The highest BCUT2D eigenvalue weighted by Gasteiger charge is 2.43. The Morgan fingerprint density at radius 3 is 2.41 bits per heavy atom. The zero-order chi connectivity index (χ0) is 22.1. The number of carbonyl (C=O) groups excluding carboxylic acids is 1. The van der Waals surface area contributed by atoms with Crippen molar-refractivity contribution in [3.8, 4) is 11.3 Å². The van der Waals surface area contributed by atoms with Crippen LogP contribution in [0.25, 0.3) is 11.3 Å². The van der Waals surface area contributed by atoms with Gasteiger partial charge in [-0.1, -0.05) is 35.5 Å². The van der Waals surface area contributed by atoms with Crippen LogP contribution in [0.2, 0.25) is 0 Å². The summed E-state index contributed by atoms with van der Waals surface area (Å²) in [4.78, 5) is 22.9. The number of piperidine rings is 1. The molecule has 0 unspecified atom stereocenters. The molecule has 2 aromatic rings. The largest absolute Gasteiger partial charge is 0.378 e. The number of carbonyl (C=O) groups is 1. The minimum atomic E-state index is 0.0215. The topological polar surface area (TPSA) is 65.3 Å². The summed E-state index contributed by atoms with van der Waals surface area (Å²) in [6.45, 7) is 7.43. The van der Waals surface area contributed by atoms with E-state index in [1.807, 2.05) is 35.2 Å². The van der Waals surface area contributed by atoms with Crippen molar-refractivity contribution < 1.29 is 14.1 Å². The Hall–Kier alpha value is -2.42. The number of benzene rings is 1. The summed E-state index contributed by atoms with van der Waals surface area (Å²) in [5.74, 6) is 1.23. The predicted octanol–water partition coefficient (Wildman–Crippen LogP) is 2.03. The van der Waals surface area contributed by atoms with Crippen molar-refractivity contribution >= 4 is 11.7 Å². The molecule has 0 N–H and O–H groups in total. The van der Waals surface area contributed by atoms with Crippen LogP contribution in [0.15, 0.2) is 34.9 Å². The van der Waals surface area contributed by atoms with Crippen molar-refractivity contribution in [1.82, 2.24) is 19.9 Å². The second kappa shape index (κ2) is 8.84. The molecule has 5 rings (SSSR count). The van der Waals surface area contributed by atoms with Crippen LogP contribution in [-0.2, 0) is 4.74 Å². The molecule has 3 aliphatic rings. The van der Waals surface area contributed by atoms with Crippen molar-refractivity contribution in [2.24, 2.45) is 0 Å². The maximum absolute atomic E-state index is 13.9. The molecule has 3 fully saturated rings. The zero-order valence-corrected chi connectivity index (χ0v) is 19.1. The van der Waals surface area contributed by atoms with Crippen LogP contribution in [-0.4, -0.2) is 104 Å². The van der Waals surface area contributed by atoms with Gasteiger partial charge in [0.15, 0.2) is 11.6 Å². The number of likely N-dealkylation sites (N-methyl/N-ethyl adjacent to an activating group) is 2. The Morgan fingerprint density at radius 2 is 1.69 bits per heavy atom. The Morgan fingerprint density at radius 1 is 0.969 bits per heavy atom. The first-order chi connectivity index (χ1) is 15.6. The first kappa shape index (κ1) is 21.4. The van der Waals surface area contributed by atoms with Gasteiger partial charge in [0.25, 0.3) is 5.91 Å². The number of likely N-dealkylation sites (tertiary alicyclic amines) is 1. The van der Waals surface area contributed by atoms with Crippen molar-refractivity contribution in [1.29, 1.82) is 0 Å². The molecule has 1 aromatic heterocycles. The molecule has 3 saturated heterocycles. The van der Waals surface area contributed by atoms with Crippen molar-refractivity contribution in [3.63, 3.8) is 0 Å². The van der Waals surface area contributed by atoms with Gasteiger partial charge in [-0.3, -0.25) is 9.69 Å². The Labute approximate surface area is 189 Å². The number of piperazine rings is 1. The summed E-state index contributed by atoms with van der Waals surface area (Å²) in [6, 6.07) is 9.82. The lowest BCUT2D eigenvalue weighted by Gasteiger charge is -2.52. The summed E-state index contributed by atoms with van der Waals surface area (Å²) in [7, 11) is 4.43. The molecule has 1 spiro atoms. The number of hydrogen-bond donors (Lipinski definition) is 0. The number of hydrogen-bond acceptors (Lipinski definition) is 7. The highest BCUT2D eigenvalue weighted by atomic mass is 16.5. The molecular formula is C24H33N5O3. The van der Waals surface area contributed by atoms with Gasteiger partial charge in [-0.15, -0.1) is 0 Å². The molecule has 1 aromatic carbocycles. The monoisotopic (exact) mass is 439 g/mol. The van der Waals surface area contributed by atoms with Crippen LogP contribution in [0, 0.1) is 0 Å². The molecule has 0 bridgehead atoms. The third-order valence-corrected chi connectivity index (χ3v) is 7.41. The van der Waals surface area contributed by atoms with Crippen LogP contribution >= 0.6 is 0 Å². The highest BCUT2D eigenvalue weighted by Crippen LogP contribution is 2.36. The average molecular weight is 440 g/mol. The second-order valence-corrected chi connectivity index (χ2v) is 9.35. The molecule has 0 saturated carbocycles. The maximum atomic E-state index is 13.9. The van der Waals surface area contributed by atoms with Gasteiger partial charge in [0.2, 0.25) is 0 Å². The summed E-state index contributed by atoms with van der Waals surface area (Å²) >= 11 is 0. The quantitative estimate of drug-likeness (QED) is 0.725. The van der Waals surface area contributed by atoms with Gasteiger partial charge in [-0.25, -0.2) is 0 Å². The Kier molecular flexibility index (Phi) is 5.92. The second-order valence-electron chi connectivity index (χ2n) is 9.35. The molecule has 0 radical (unpaired) electrons. The number of morpholine rings is 1. The fourth-order valence-corrected chi connectivity index (χ4v) is 5.34. The molecule has 3 aliphatic heterocycles. The van der Waals surface area contributed by atoms with Crippen LogP contribution in [0.5, 0.6) is 0 Å². The van der Waals surface area contributed by atoms with E-state index in [0.717, 1.165) is 51.1 Å². The van der Waals surface area contributed by atoms with Crippen LogP contribution in [0.4, 0.5) is 5.82 Å². The Balaban J connectivity index is 1.42. The van der Waals surface area contributed by atoms with E-state index in [0.29, 0.717) is 43.4 Å². The average Bonchev–Trinajstić information content (AvgIpc) is 3.28. The molecule has 1 amide bonds. The van der Waals surface area contributed by atoms with Crippen LogP contribution in [0.3, 0.4) is 0 Å². The van der Waals surface area contributed by atoms with Gasteiger partial charge >= 0.3 is 0 Å². The molecule has 8 heteroatoms. The van der Waals surface area contributed by atoms with Gasteiger partial charge in [0.1, 0.15) is 5.56 Å². The fraction of sp³-hybridized carbons (Fsp3) is 0.583. The number of nitrogens with zero attached hydrogens (tertiary/aromatic N) is 5. The minimum Gasteiger partial charge on any atom is -0.378 e. The summed E-state index contributed by atoms with van der Waals surface area (Å²) in [6.07, 6.45) is 1.97. The van der Waals surface area contributed by atoms with Crippen molar-refractivity contribution in [3.05, 3.63) is 35.9 Å². The summed E-state index contributed by atoms with van der Waals surface area (Å²) in [5.41, 5.74) is 1.63. The zero-order valence-electron chi connectivity index (χ0n) is 19.1. The first-order valence-electron chi connectivity index (χ1n) is 11.6. The number of amides is 1. The number of anilines is 1. The van der Waals surface area contributed by atoms with E-state index in [-0.39, 0.29) is 11.4 Å². The van der Waals surface area contributed by atoms with E-state index < -0.39 is 0 Å². The third-order valence-electron chi connectivity index (χ3n) is 7.41. The lowest BCUT2D eigenvalue weighted by Crippen LogP contribution is -2.64. The standard InChI is InChI=1S/C24H33N5O3/c1-26-12-13-27(2)24(18-26)8-10-29(11-9-24)23(30)20-21(19-6-4-3-5-7-19)32-25-22(20)28-14-16-31-17-15-28/h3-7H,8-18H2,1-2H3. The SMILES string of the molecule is CN1CCN(C)C2(CCN(C(=O)c3c(N4CCOCC4)noc3-c3ccccc3)CC2)C1. The molecule has 8 nitrogen and oxygen atoms in total. The predicted molar refractivity (Wildman–Crippen MR) is 123 cm³/mol. The normalized spacial score (nSPS) is 22.4. The van der Waals surface area contributed by atoms with E-state index in [1.54, 1.807) is 0 Å². The van der Waals surface area contributed by atoms with E-state index in [4.69, 9.17) is 9.26 Å². The number of rotatable bonds is 3. The smallest absolute Gasteiger partial charge is 0.261 e. The lowest BCUT2D eigenvalue weighted by atomic mass is 9.83. The molecule has 4 heterocycles. The third kappa shape index (κ3) is 3.91. The molecule has 0 aliphatic carbocycles. The van der Waals surface area contributed by atoms with E-state index in [9.17, 15) is 4.79 Å². The van der Waals surface area contributed by atoms with Gasteiger partial charge in [-0.05, 0) is 26.9 Å². The first-order valence-corrected chi connectivity index (χ1v) is 11.6. The minimum absolute atomic E-state index is 0.0215. The Bertz CT molecular complexity index is 932. The van der Waals surface area contributed by atoms with Gasteiger partial charge in [0.05, 0.1) is 13.2 Å². The molecule has 32 heavy (non-hydrogen) atoms. The van der Waals surface area contributed by atoms with Crippen molar-refractivity contribution in [2.75, 3.05) is 78.0 Å². The van der Waals surface area contributed by atoms with Gasteiger partial charge in [0, 0.05) is 56.9 Å². The summed E-state index contributed by atoms with van der Waals surface area (Å²) < 4.78 is 11.3.